The molecule has 0 N–H and O–H groups in total. The van der Waals surface area contributed by atoms with Crippen molar-refractivity contribution < 1.29 is 9.53 Å². The maximum absolute atomic E-state index is 13.5. The van der Waals surface area contributed by atoms with Crippen LogP contribution >= 0.6 is 23.1 Å². The van der Waals surface area contributed by atoms with Crippen LogP contribution in [0.4, 0.5) is 0 Å². The van der Waals surface area contributed by atoms with Gasteiger partial charge in [-0.2, -0.15) is 0 Å². The first kappa shape index (κ1) is 21.8. The fourth-order valence-corrected chi connectivity index (χ4v) is 6.77. The molecule has 30 heavy (non-hydrogen) atoms. The molecule has 0 spiro atoms. The molecule has 0 aromatic carbocycles. The van der Waals surface area contributed by atoms with E-state index < -0.39 is 0 Å². The number of aromatic nitrogens is 2. The zero-order valence-corrected chi connectivity index (χ0v) is 19.6. The van der Waals surface area contributed by atoms with E-state index >= 15 is 0 Å². The molecule has 3 heterocycles. The van der Waals surface area contributed by atoms with Crippen molar-refractivity contribution in [1.29, 1.82) is 0 Å². The summed E-state index contributed by atoms with van der Waals surface area (Å²) in [4.78, 5) is 35.5. The summed E-state index contributed by atoms with van der Waals surface area (Å²) in [5, 5.41) is 1.16. The van der Waals surface area contributed by atoms with E-state index in [9.17, 15) is 9.59 Å². The molecule has 1 fully saturated rings. The Morgan fingerprint density at radius 2 is 1.90 bits per heavy atom. The van der Waals surface area contributed by atoms with E-state index in [0.29, 0.717) is 18.3 Å². The van der Waals surface area contributed by atoms with Crippen LogP contribution in [0.15, 0.2) is 9.95 Å². The van der Waals surface area contributed by atoms with Crippen LogP contribution in [0.2, 0.25) is 0 Å². The molecule has 1 aliphatic heterocycles. The normalized spacial score (nSPS) is 18.3. The smallest absolute Gasteiger partial charge is 0.263 e. The Kier molecular flexibility index (Phi) is 7.16. The number of rotatable bonds is 6. The van der Waals surface area contributed by atoms with Crippen molar-refractivity contribution >= 4 is 39.2 Å². The van der Waals surface area contributed by atoms with Crippen LogP contribution in [0.1, 0.15) is 55.9 Å². The van der Waals surface area contributed by atoms with Gasteiger partial charge in [0.1, 0.15) is 4.83 Å². The Balaban J connectivity index is 1.66. The highest BCUT2D eigenvalue weighted by Gasteiger charge is 2.26. The molecule has 2 aromatic rings. The lowest BCUT2D eigenvalue weighted by atomic mass is 9.97. The summed E-state index contributed by atoms with van der Waals surface area (Å²) in [5.74, 6) is 0.153. The van der Waals surface area contributed by atoms with E-state index in [4.69, 9.17) is 9.72 Å². The lowest BCUT2D eigenvalue weighted by Crippen LogP contribution is -2.37. The Bertz CT molecular complexity index is 961. The lowest BCUT2D eigenvalue weighted by molar-refractivity contribution is -0.130. The van der Waals surface area contributed by atoms with Gasteiger partial charge < -0.3 is 9.64 Å². The number of carbonyl (C=O) groups excluding carboxylic acids is 1. The largest absolute Gasteiger partial charge is 0.383 e. The van der Waals surface area contributed by atoms with Crippen molar-refractivity contribution in [2.24, 2.45) is 0 Å². The minimum Gasteiger partial charge on any atom is -0.383 e. The molecule has 1 aliphatic carbocycles. The molecule has 0 bridgehead atoms. The first-order valence-electron chi connectivity index (χ1n) is 11.1. The number of nitrogens with zero attached hydrogens (tertiary/aromatic N) is 3. The Morgan fingerprint density at radius 1 is 1.17 bits per heavy atom. The molecule has 164 valence electrons. The predicted octanol–water partition coefficient (Wildman–Crippen LogP) is 3.87. The number of hydrogen-bond acceptors (Lipinski definition) is 6. The quantitative estimate of drug-likeness (QED) is 0.495. The number of aryl methyl sites for hydroxylation is 2. The van der Waals surface area contributed by atoms with Gasteiger partial charge >= 0.3 is 0 Å². The Morgan fingerprint density at radius 3 is 2.63 bits per heavy atom. The zero-order chi connectivity index (χ0) is 21.1. The highest BCUT2D eigenvalue weighted by atomic mass is 32.2. The Labute approximate surface area is 186 Å². The average molecular weight is 450 g/mol. The van der Waals surface area contributed by atoms with Crippen molar-refractivity contribution in [2.45, 2.75) is 75.2 Å². The second kappa shape index (κ2) is 9.83. The molecule has 2 aliphatic rings. The van der Waals surface area contributed by atoms with Crippen LogP contribution < -0.4 is 5.56 Å². The third-order valence-electron chi connectivity index (χ3n) is 6.11. The van der Waals surface area contributed by atoms with Gasteiger partial charge in [-0.15, -0.1) is 11.3 Å². The third-order valence-corrected chi connectivity index (χ3v) is 8.37. The maximum atomic E-state index is 13.5. The standard InChI is InChI=1S/C22H31N3O3S2/c1-15(20(26)24-11-7-3-4-8-12-24)29-22-23-19-18(21(27)25(22)13-14-28-2)16-9-5-6-10-17(16)30-19/h15H,3-14H2,1-2H3. The number of methoxy groups -OCH3 is 1. The van der Waals surface area contributed by atoms with Crippen LogP contribution in [0.3, 0.4) is 0 Å². The molecule has 1 saturated heterocycles. The Hall–Kier alpha value is -1.38. The SMILES string of the molecule is COCCn1c(SC(C)C(=O)N2CCCCCC2)nc2sc3c(c2c1=O)CCCC3. The summed E-state index contributed by atoms with van der Waals surface area (Å²) in [6.45, 7) is 4.51. The van der Waals surface area contributed by atoms with E-state index in [2.05, 4.69) is 0 Å². The fourth-order valence-electron chi connectivity index (χ4n) is 4.45. The minimum atomic E-state index is -0.268. The highest BCUT2D eigenvalue weighted by Crippen LogP contribution is 2.35. The number of fused-ring (bicyclic) bond motifs is 3. The number of thioether (sulfide) groups is 1. The number of thiophene rings is 1. The highest BCUT2D eigenvalue weighted by molar-refractivity contribution is 8.00. The second-order valence-electron chi connectivity index (χ2n) is 8.23. The molecule has 1 unspecified atom stereocenters. The fraction of sp³-hybridized carbons (Fsp3) is 0.682. The average Bonchev–Trinajstić information content (AvgIpc) is 2.91. The zero-order valence-electron chi connectivity index (χ0n) is 17.9. The van der Waals surface area contributed by atoms with Crippen molar-refractivity contribution in [1.82, 2.24) is 14.5 Å². The van der Waals surface area contributed by atoms with Crippen LogP contribution in [0, 0.1) is 0 Å². The maximum Gasteiger partial charge on any atom is 0.263 e. The van der Waals surface area contributed by atoms with Gasteiger partial charge in [0.25, 0.3) is 5.56 Å². The van der Waals surface area contributed by atoms with Crippen molar-refractivity contribution in [3.63, 3.8) is 0 Å². The molecule has 8 heteroatoms. The number of likely N-dealkylation sites (tertiary alicyclic amines) is 1. The van der Waals surface area contributed by atoms with Gasteiger partial charge in [-0.05, 0) is 51.0 Å². The summed E-state index contributed by atoms with van der Waals surface area (Å²) in [6.07, 6.45) is 8.87. The van der Waals surface area contributed by atoms with Gasteiger partial charge in [-0.3, -0.25) is 14.2 Å². The minimum absolute atomic E-state index is 0.0216. The first-order valence-corrected chi connectivity index (χ1v) is 12.8. The third kappa shape index (κ3) is 4.46. The summed E-state index contributed by atoms with van der Waals surface area (Å²) >= 11 is 3.08. The summed E-state index contributed by atoms with van der Waals surface area (Å²) in [6, 6.07) is 0. The molecule has 6 nitrogen and oxygen atoms in total. The van der Waals surface area contributed by atoms with Crippen LogP contribution in [0.25, 0.3) is 10.2 Å². The van der Waals surface area contributed by atoms with Crippen molar-refractivity contribution in [3.05, 3.63) is 20.8 Å². The molecule has 1 amide bonds. The molecular formula is C22H31N3O3S2. The van der Waals surface area contributed by atoms with E-state index in [1.807, 2.05) is 11.8 Å². The first-order chi connectivity index (χ1) is 14.6. The monoisotopic (exact) mass is 449 g/mol. The number of ether oxygens (including phenoxy) is 1. The van der Waals surface area contributed by atoms with E-state index in [1.54, 1.807) is 23.0 Å². The van der Waals surface area contributed by atoms with Gasteiger partial charge in [0.05, 0.1) is 23.8 Å². The van der Waals surface area contributed by atoms with Gasteiger partial charge in [-0.25, -0.2) is 4.98 Å². The van der Waals surface area contributed by atoms with Gasteiger partial charge in [0.2, 0.25) is 5.91 Å². The van der Waals surface area contributed by atoms with Crippen LogP contribution in [0.5, 0.6) is 0 Å². The van der Waals surface area contributed by atoms with E-state index in [0.717, 1.165) is 55.4 Å². The molecule has 2 aromatic heterocycles. The summed E-state index contributed by atoms with van der Waals surface area (Å²) in [7, 11) is 1.64. The van der Waals surface area contributed by atoms with Gasteiger partial charge in [-0.1, -0.05) is 24.6 Å². The van der Waals surface area contributed by atoms with Crippen LogP contribution in [-0.2, 0) is 28.9 Å². The molecule has 0 saturated carbocycles. The van der Waals surface area contributed by atoms with Crippen LogP contribution in [-0.4, -0.2) is 52.4 Å². The lowest BCUT2D eigenvalue weighted by Gasteiger charge is -2.24. The second-order valence-corrected chi connectivity index (χ2v) is 10.6. The summed E-state index contributed by atoms with van der Waals surface area (Å²) in [5.41, 5.74) is 1.23. The van der Waals surface area contributed by atoms with Gasteiger partial charge in [0.15, 0.2) is 5.16 Å². The molecule has 0 radical (unpaired) electrons. The molecule has 1 atom stereocenters. The molecular weight excluding hydrogens is 418 g/mol. The molecule has 4 rings (SSSR count). The van der Waals surface area contributed by atoms with E-state index in [-0.39, 0.29) is 16.7 Å². The number of carbonyl (C=O) groups is 1. The van der Waals surface area contributed by atoms with Crippen molar-refractivity contribution in [3.8, 4) is 0 Å². The topological polar surface area (TPSA) is 64.4 Å². The van der Waals surface area contributed by atoms with Crippen molar-refractivity contribution in [2.75, 3.05) is 26.8 Å². The number of hydrogen-bond donors (Lipinski definition) is 0. The predicted molar refractivity (Wildman–Crippen MR) is 123 cm³/mol. The van der Waals surface area contributed by atoms with Gasteiger partial charge in [0, 0.05) is 25.1 Å². The van der Waals surface area contributed by atoms with E-state index in [1.165, 1.54) is 41.5 Å². The number of amides is 1. The summed E-state index contributed by atoms with van der Waals surface area (Å²) < 4.78 is 6.98.